The molecule has 0 aliphatic carbocycles. The lowest BCUT2D eigenvalue weighted by molar-refractivity contribution is 0.262. The molecule has 1 aromatic carbocycles. The number of aromatic hydroxyl groups is 1. The average molecular weight is 308 g/mol. The molecule has 1 aromatic rings. The van der Waals surface area contributed by atoms with E-state index < -0.39 is 0 Å². The minimum Gasteiger partial charge on any atom is -0.507 e. The molecular formula is C15H20N2OS2. The van der Waals surface area contributed by atoms with Gasteiger partial charge in [-0.25, -0.2) is 0 Å². The van der Waals surface area contributed by atoms with Gasteiger partial charge in [0.15, 0.2) is 0 Å². The van der Waals surface area contributed by atoms with Crippen molar-refractivity contribution in [3.63, 3.8) is 0 Å². The van der Waals surface area contributed by atoms with Crippen LogP contribution < -0.4 is 0 Å². The van der Waals surface area contributed by atoms with Crippen LogP contribution >= 0.6 is 23.5 Å². The molecule has 3 rings (SSSR count). The first-order chi connectivity index (χ1) is 9.58. The summed E-state index contributed by atoms with van der Waals surface area (Å²) >= 11 is 3.77. The van der Waals surface area contributed by atoms with E-state index in [1.165, 1.54) is 5.75 Å². The number of hydrogen-bond donors (Lipinski definition) is 1. The number of nitrogens with zero attached hydrogens (tertiary/aromatic N) is 2. The van der Waals surface area contributed by atoms with Crippen molar-refractivity contribution in [1.82, 2.24) is 4.90 Å². The van der Waals surface area contributed by atoms with Crippen LogP contribution in [0.3, 0.4) is 0 Å². The molecular weight excluding hydrogens is 288 g/mol. The van der Waals surface area contributed by atoms with E-state index in [-0.39, 0.29) is 0 Å². The van der Waals surface area contributed by atoms with Gasteiger partial charge in [0.05, 0.1) is 11.4 Å². The molecule has 2 aliphatic heterocycles. The molecule has 1 saturated heterocycles. The number of phenols is 1. The monoisotopic (exact) mass is 308 g/mol. The summed E-state index contributed by atoms with van der Waals surface area (Å²) in [6.45, 7) is 4.20. The van der Waals surface area contributed by atoms with Crippen LogP contribution in [0.1, 0.15) is 18.1 Å². The fourth-order valence-corrected chi connectivity index (χ4v) is 5.39. The maximum Gasteiger partial charge on any atom is 0.128 e. The second kappa shape index (κ2) is 5.62. The van der Waals surface area contributed by atoms with Gasteiger partial charge in [0, 0.05) is 23.1 Å². The summed E-state index contributed by atoms with van der Waals surface area (Å²) in [6.07, 6.45) is 0. The molecule has 2 heterocycles. The van der Waals surface area contributed by atoms with Crippen molar-refractivity contribution in [2.45, 2.75) is 31.3 Å². The Morgan fingerprint density at radius 1 is 1.35 bits per heavy atom. The molecule has 2 aliphatic rings. The highest BCUT2D eigenvalue weighted by atomic mass is 32.2. The lowest BCUT2D eigenvalue weighted by Gasteiger charge is -2.25. The highest BCUT2D eigenvalue weighted by Crippen LogP contribution is 2.37. The number of aliphatic imine (C=N–C) groups is 1. The third kappa shape index (κ3) is 2.47. The second-order valence-corrected chi connectivity index (χ2v) is 7.68. The lowest BCUT2D eigenvalue weighted by atomic mass is 10.1. The van der Waals surface area contributed by atoms with E-state index in [4.69, 9.17) is 4.99 Å². The number of likely N-dealkylation sites (N-methyl/N-ethyl adjacent to an activating group) is 1. The molecule has 0 aromatic heterocycles. The smallest absolute Gasteiger partial charge is 0.128 e. The Morgan fingerprint density at radius 3 is 2.85 bits per heavy atom. The van der Waals surface area contributed by atoms with Crippen molar-refractivity contribution in [3.8, 4) is 5.75 Å². The van der Waals surface area contributed by atoms with Crippen LogP contribution in [0.5, 0.6) is 5.75 Å². The van der Waals surface area contributed by atoms with Gasteiger partial charge >= 0.3 is 0 Å². The topological polar surface area (TPSA) is 35.8 Å². The number of para-hydroxylation sites is 1. The normalized spacial score (nSPS) is 30.8. The summed E-state index contributed by atoms with van der Waals surface area (Å²) in [5, 5.41) is 11.7. The molecule has 1 fully saturated rings. The van der Waals surface area contributed by atoms with E-state index in [2.05, 4.69) is 18.9 Å². The maximum absolute atomic E-state index is 10.2. The van der Waals surface area contributed by atoms with Crippen molar-refractivity contribution in [3.05, 3.63) is 29.3 Å². The van der Waals surface area contributed by atoms with Crippen molar-refractivity contribution >= 4 is 28.6 Å². The van der Waals surface area contributed by atoms with Gasteiger partial charge < -0.3 is 5.11 Å². The fraction of sp³-hybridized carbons (Fsp3) is 0.533. The highest BCUT2D eigenvalue weighted by molar-refractivity contribution is 8.14. The third-order valence-corrected chi connectivity index (χ3v) is 6.85. The first-order valence-corrected chi connectivity index (χ1v) is 8.94. The number of benzene rings is 1. The van der Waals surface area contributed by atoms with Crippen LogP contribution in [0.4, 0.5) is 0 Å². The Kier molecular flexibility index (Phi) is 4.02. The van der Waals surface area contributed by atoms with Gasteiger partial charge in [0.2, 0.25) is 0 Å². The molecule has 0 unspecified atom stereocenters. The highest BCUT2D eigenvalue weighted by Gasteiger charge is 2.37. The van der Waals surface area contributed by atoms with E-state index in [0.717, 1.165) is 21.9 Å². The summed E-state index contributed by atoms with van der Waals surface area (Å²) in [7, 11) is 2.19. The molecule has 20 heavy (non-hydrogen) atoms. The third-order valence-electron chi connectivity index (χ3n) is 4.08. The minimum atomic E-state index is 0.329. The maximum atomic E-state index is 10.2. The van der Waals surface area contributed by atoms with Crippen molar-refractivity contribution in [1.29, 1.82) is 0 Å². The molecule has 5 heteroatoms. The summed E-state index contributed by atoms with van der Waals surface area (Å²) in [6, 6.07) is 6.83. The predicted molar refractivity (Wildman–Crippen MR) is 89.1 cm³/mol. The second-order valence-electron chi connectivity index (χ2n) is 5.52. The zero-order chi connectivity index (χ0) is 14.3. The standard InChI is InChI=1S/C15H20N2OS2/c1-9-5-4-6-11(13(9)18)14-16-12(8-19-14)15-17(3)10(2)7-20-15/h4-6,10,12,15,18H,7-8H2,1-3H3/t10-,12-,15+/m0/s1. The van der Waals surface area contributed by atoms with Crippen molar-refractivity contribution < 1.29 is 5.11 Å². The quantitative estimate of drug-likeness (QED) is 0.911. The number of rotatable bonds is 2. The Balaban J connectivity index is 1.83. The first kappa shape index (κ1) is 14.3. The van der Waals surface area contributed by atoms with Gasteiger partial charge in [-0.15, -0.1) is 23.5 Å². The molecule has 0 saturated carbocycles. The van der Waals surface area contributed by atoms with Crippen LogP contribution in [0.15, 0.2) is 23.2 Å². The molecule has 0 bridgehead atoms. The van der Waals surface area contributed by atoms with Crippen LogP contribution in [0.25, 0.3) is 0 Å². The van der Waals surface area contributed by atoms with Gasteiger partial charge in [0.25, 0.3) is 0 Å². The minimum absolute atomic E-state index is 0.329. The van der Waals surface area contributed by atoms with Gasteiger partial charge in [0.1, 0.15) is 10.8 Å². The van der Waals surface area contributed by atoms with Gasteiger partial charge in [-0.2, -0.15) is 0 Å². The van der Waals surface area contributed by atoms with E-state index in [1.54, 1.807) is 11.8 Å². The number of phenolic OH excluding ortho intramolecular Hbond substituents is 1. The fourth-order valence-electron chi connectivity index (χ4n) is 2.62. The van der Waals surface area contributed by atoms with Crippen LogP contribution in [0, 0.1) is 6.92 Å². The Labute approximate surface area is 128 Å². The summed E-state index contributed by atoms with van der Waals surface area (Å²) < 4.78 is 0. The summed E-state index contributed by atoms with van der Waals surface area (Å²) in [5.41, 5.74) is 1.80. The van der Waals surface area contributed by atoms with Crippen molar-refractivity contribution in [2.75, 3.05) is 18.6 Å². The Morgan fingerprint density at radius 2 is 2.15 bits per heavy atom. The van der Waals surface area contributed by atoms with E-state index >= 15 is 0 Å². The average Bonchev–Trinajstić information content (AvgIpc) is 3.02. The zero-order valence-corrected chi connectivity index (χ0v) is 13.7. The number of hydrogen-bond acceptors (Lipinski definition) is 5. The van der Waals surface area contributed by atoms with Gasteiger partial charge in [-0.1, -0.05) is 12.1 Å². The molecule has 3 atom stereocenters. The largest absolute Gasteiger partial charge is 0.507 e. The summed E-state index contributed by atoms with van der Waals surface area (Å²) in [4.78, 5) is 7.31. The van der Waals surface area contributed by atoms with E-state index in [0.29, 0.717) is 23.2 Å². The molecule has 108 valence electrons. The lowest BCUT2D eigenvalue weighted by Crippen LogP contribution is -2.37. The van der Waals surface area contributed by atoms with Crippen LogP contribution in [-0.4, -0.2) is 51.1 Å². The number of thioether (sulfide) groups is 2. The Bertz CT molecular complexity index is 547. The first-order valence-electron chi connectivity index (χ1n) is 6.91. The molecule has 0 amide bonds. The van der Waals surface area contributed by atoms with Crippen molar-refractivity contribution in [2.24, 2.45) is 4.99 Å². The molecule has 0 spiro atoms. The van der Waals surface area contributed by atoms with E-state index in [1.807, 2.05) is 36.9 Å². The molecule has 3 nitrogen and oxygen atoms in total. The van der Waals surface area contributed by atoms with Crippen LogP contribution in [-0.2, 0) is 0 Å². The molecule has 0 radical (unpaired) electrons. The van der Waals surface area contributed by atoms with E-state index in [9.17, 15) is 5.11 Å². The SMILES string of the molecule is Cc1cccc(C2=N[C@H]([C@H]3SC[C@H](C)N3C)CS2)c1O. The zero-order valence-electron chi connectivity index (χ0n) is 12.0. The summed E-state index contributed by atoms with van der Waals surface area (Å²) in [5.74, 6) is 2.57. The van der Waals surface area contributed by atoms with Crippen LogP contribution in [0.2, 0.25) is 0 Å². The Hall–Kier alpha value is -0.650. The predicted octanol–water partition coefficient (Wildman–Crippen LogP) is 2.96. The van der Waals surface area contributed by atoms with Gasteiger partial charge in [-0.05, 0) is 32.5 Å². The van der Waals surface area contributed by atoms with Gasteiger partial charge in [-0.3, -0.25) is 9.89 Å². The number of aryl methyl sites for hydroxylation is 1. The molecule has 1 N–H and O–H groups in total.